The molecule has 15 nitrogen and oxygen atoms in total. The first-order valence-electron chi connectivity index (χ1n) is 35.9. The van der Waals surface area contributed by atoms with Crippen molar-refractivity contribution in [3.8, 4) is 31.3 Å². The average Bonchev–Trinajstić information content (AvgIpc) is 1.07. The molecule has 0 aliphatic carbocycles. The van der Waals surface area contributed by atoms with Crippen LogP contribution in [0, 0.1) is 41.8 Å². The van der Waals surface area contributed by atoms with Gasteiger partial charge in [-0.2, -0.15) is 11.3 Å². The van der Waals surface area contributed by atoms with Gasteiger partial charge in [-0.1, -0.05) is 92.6 Å². The Morgan fingerprint density at radius 1 is 0.523 bits per heavy atom. The molecule has 0 spiro atoms. The van der Waals surface area contributed by atoms with Crippen molar-refractivity contribution in [3.63, 3.8) is 0 Å². The minimum Gasteiger partial charge on any atom is -0.446 e. The van der Waals surface area contributed by atoms with Crippen LogP contribution < -0.4 is 4.78 Å². The molecule has 10 aromatic rings. The first-order valence-corrected chi connectivity index (χ1v) is 50.5. The summed E-state index contributed by atoms with van der Waals surface area (Å²) in [7, 11) is -5.17. The number of aryl methyl sites for hydroxylation is 3. The maximum absolute atomic E-state index is 13.5. The number of halogens is 4. The topological polar surface area (TPSA) is 237 Å². The van der Waals surface area contributed by atoms with Gasteiger partial charge in [0.05, 0.1) is 18.8 Å². The molecule has 9 N–H and O–H groups in total. The number of methoxy groups -OCH3 is 1. The van der Waals surface area contributed by atoms with Crippen LogP contribution >= 0.6 is 67.9 Å². The smallest absolute Gasteiger partial charge is 0.330 e. The summed E-state index contributed by atoms with van der Waals surface area (Å²) < 4.78 is 80.4. The van der Waals surface area contributed by atoms with E-state index in [0.29, 0.717) is 33.6 Å². The number of benzene rings is 6. The lowest BCUT2D eigenvalue weighted by Gasteiger charge is -2.54. The fourth-order valence-electron chi connectivity index (χ4n) is 12.8. The Balaban J connectivity index is 0.000000187. The summed E-state index contributed by atoms with van der Waals surface area (Å²) in [5.74, 6) is -4.57. The Hall–Kier alpha value is -5.24. The third kappa shape index (κ3) is 22.0. The van der Waals surface area contributed by atoms with E-state index in [1.165, 1.54) is 77.5 Å². The summed E-state index contributed by atoms with van der Waals surface area (Å²) in [6.07, 6.45) is -10.2. The van der Waals surface area contributed by atoms with E-state index in [2.05, 4.69) is 81.5 Å². The minimum atomic E-state index is -2.26. The van der Waals surface area contributed by atoms with Gasteiger partial charge in [-0.05, 0) is 261 Å². The molecule has 0 saturated carbocycles. The van der Waals surface area contributed by atoms with Crippen LogP contribution in [-0.4, -0.2) is 140 Å². The van der Waals surface area contributed by atoms with E-state index in [1.54, 1.807) is 78.8 Å². The molecule has 13 atom stereocenters. The number of hydrogen-bond acceptors (Lipinski definition) is 19. The number of aliphatic hydroxyl groups is 8. The van der Waals surface area contributed by atoms with Gasteiger partial charge < -0.3 is 73.4 Å². The average molecular weight is 1730 g/mol. The second-order valence-corrected chi connectivity index (χ2v) is 49.1. The standard InChI is InChI=1S/C34H51FO6SSi3.C25H27FO7S.C18H14FIOS.C5H7BOS/c1-12-27-31(39-43(3,4)5)32(40-44(6,7)8)33(41-45(9,10)11)34(37,38-27)24-16-13-22(2)26(21-24)30(36)29-20-19-28(42-29)23-14-17-25(35)18-15-23;1-13-3-6-15(25(32-2)24(31)23(30)22(29)18(12-27)33-25)11-17(13)21(28)20-10-9-19(34-20)14-4-7-16(26)8-5-14;1-11-2-7-14(20)10-15(11)18(21)17-9-8-16(22-17)12-3-5-13(19)6-4-12;1-6(7)5-3-2-4-8-5/h13-21,27,30-33,36-37H,12H2,1-11H3;3-11,18,21-24,27-31H,12H2,1-2H3;2-10,18,21H,1H3;2-4,7H,1H3/t27-,30?,31-,32+,33-,34?;18-,21?,22-,23+,24-,25?;;/m11../s1. The molecule has 6 heterocycles. The highest BCUT2D eigenvalue weighted by molar-refractivity contribution is 14.1. The summed E-state index contributed by atoms with van der Waals surface area (Å²) in [6, 6.07) is 50.8. The van der Waals surface area contributed by atoms with Crippen molar-refractivity contribution in [1.82, 2.24) is 0 Å². The quantitative estimate of drug-likeness (QED) is 0.0240. The number of thiophene rings is 4. The van der Waals surface area contributed by atoms with Crippen LogP contribution in [0.3, 0.4) is 0 Å². The summed E-state index contributed by atoms with van der Waals surface area (Å²) in [5, 5.41) is 98.0. The van der Waals surface area contributed by atoms with Crippen molar-refractivity contribution in [2.75, 3.05) is 13.7 Å². The van der Waals surface area contributed by atoms with Gasteiger partial charge in [0.1, 0.15) is 72.4 Å². The molecule has 12 rings (SSSR count). The third-order valence-electron chi connectivity index (χ3n) is 18.4. The van der Waals surface area contributed by atoms with Crippen molar-refractivity contribution in [1.29, 1.82) is 0 Å². The monoisotopic (exact) mass is 1730 g/mol. The Kier molecular flexibility index (Phi) is 30.1. The van der Waals surface area contributed by atoms with Crippen molar-refractivity contribution in [2.45, 2.75) is 179 Å². The van der Waals surface area contributed by atoms with Gasteiger partial charge in [-0.15, -0.1) is 34.0 Å². The Bertz CT molecular complexity index is 4570. The van der Waals surface area contributed by atoms with Gasteiger partial charge in [0.2, 0.25) is 11.6 Å². The molecule has 5 unspecified atom stereocenters. The highest BCUT2D eigenvalue weighted by atomic mass is 127. The van der Waals surface area contributed by atoms with Crippen LogP contribution in [-0.2, 0) is 39.1 Å². The first-order chi connectivity index (χ1) is 51.3. The number of aliphatic hydroxyl groups excluding tert-OH is 7. The van der Waals surface area contributed by atoms with E-state index in [-0.39, 0.29) is 24.4 Å². The van der Waals surface area contributed by atoms with E-state index < -0.39 is 110 Å². The maximum atomic E-state index is 13.5. The van der Waals surface area contributed by atoms with Gasteiger partial charge in [-0.25, -0.2) is 13.2 Å². The normalized spacial score (nSPS) is 22.4. The van der Waals surface area contributed by atoms with Gasteiger partial charge in [0.15, 0.2) is 25.0 Å². The van der Waals surface area contributed by atoms with Crippen LogP contribution in [0.4, 0.5) is 13.2 Å². The number of rotatable bonds is 21. The summed E-state index contributed by atoms with van der Waals surface area (Å²) in [6.45, 7) is 27.9. The Labute approximate surface area is 670 Å². The molecular formula is C82H99BF3IO15S4Si3. The lowest BCUT2D eigenvalue weighted by molar-refractivity contribution is -0.366. The lowest BCUT2D eigenvalue weighted by Crippen LogP contribution is -2.68. The van der Waals surface area contributed by atoms with Crippen LogP contribution in [0.15, 0.2) is 181 Å². The zero-order valence-corrected chi connectivity index (χ0v) is 72.2. The lowest BCUT2D eigenvalue weighted by atomic mass is 9.71. The van der Waals surface area contributed by atoms with E-state index in [4.69, 9.17) is 32.5 Å². The molecule has 109 heavy (non-hydrogen) atoms. The van der Waals surface area contributed by atoms with Crippen molar-refractivity contribution in [2.24, 2.45) is 0 Å². The molecular weight excluding hydrogens is 1630 g/mol. The number of ether oxygens (including phenoxy) is 3. The van der Waals surface area contributed by atoms with Crippen LogP contribution in [0.1, 0.15) is 90.8 Å². The predicted octanol–water partition coefficient (Wildman–Crippen LogP) is 16.9. The predicted molar refractivity (Wildman–Crippen MR) is 448 cm³/mol. The Morgan fingerprint density at radius 3 is 1.30 bits per heavy atom. The molecule has 584 valence electrons. The molecule has 2 aliphatic heterocycles. The molecule has 0 bridgehead atoms. The highest BCUT2D eigenvalue weighted by Gasteiger charge is 2.59. The van der Waals surface area contributed by atoms with Gasteiger partial charge in [-0.3, -0.25) is 0 Å². The zero-order valence-electron chi connectivity index (χ0n) is 63.8. The zero-order chi connectivity index (χ0) is 79.8. The molecule has 0 amide bonds. The van der Waals surface area contributed by atoms with Crippen LogP contribution in [0.2, 0.25) is 65.7 Å². The second-order valence-electron chi connectivity index (χ2n) is 30.1. The molecule has 2 saturated heterocycles. The summed E-state index contributed by atoms with van der Waals surface area (Å²) >= 11 is 8.18. The fourth-order valence-corrected chi connectivity index (χ4v) is 20.3. The van der Waals surface area contributed by atoms with Crippen molar-refractivity contribution >= 4 is 105 Å². The van der Waals surface area contributed by atoms with Gasteiger partial charge >= 0.3 is 6.92 Å². The maximum Gasteiger partial charge on any atom is 0.330 e. The van der Waals surface area contributed by atoms with Crippen molar-refractivity contribution in [3.05, 3.63) is 261 Å². The van der Waals surface area contributed by atoms with Crippen LogP contribution in [0.5, 0.6) is 0 Å². The van der Waals surface area contributed by atoms with E-state index in [1.807, 2.05) is 112 Å². The molecule has 2 fully saturated rings. The first kappa shape index (κ1) is 87.7. The summed E-state index contributed by atoms with van der Waals surface area (Å²) in [4.78, 5) is 5.11. The Morgan fingerprint density at radius 2 is 0.927 bits per heavy atom. The minimum absolute atomic E-state index is 0.241. The molecule has 6 aromatic carbocycles. The van der Waals surface area contributed by atoms with Crippen molar-refractivity contribution < 1.29 is 86.5 Å². The van der Waals surface area contributed by atoms with E-state index in [0.717, 1.165) is 71.7 Å². The van der Waals surface area contributed by atoms with Gasteiger partial charge in [0, 0.05) is 55.8 Å². The SMILES string of the molecule is CB(O)c1cccs1.CC[C@H]1OC(O)(c2ccc(C)c(C(O)c3ccc(-c4ccc(F)cc4)s3)c2)[C@H](O[Si](C)(C)C)[C@@H](O[Si](C)(C)C)[C@@H]1O[Si](C)(C)C.COC1(c2ccc(C)c(C(O)c3ccc(-c4ccc(F)cc4)s3)c2)O[C@H](CO)[C@@H](O)[C@H](O)[C@H]1O.Cc1ccc(I)cc1C(O)c1ccc(-c2ccc(F)cc2)s1. The molecule has 0 radical (unpaired) electrons. The van der Waals surface area contributed by atoms with E-state index in [9.17, 15) is 54.0 Å². The third-order valence-corrected chi connectivity index (χ3v) is 26.5. The fraction of sp³-hybridized carbons (Fsp3) is 0.366. The van der Waals surface area contributed by atoms with E-state index >= 15 is 0 Å². The molecule has 27 heteroatoms. The number of hydrogen-bond donors (Lipinski definition) is 9. The molecule has 4 aromatic heterocycles. The van der Waals surface area contributed by atoms with Gasteiger partial charge in [0.25, 0.3) is 0 Å². The van der Waals surface area contributed by atoms with Crippen LogP contribution in [0.25, 0.3) is 31.3 Å². The second kappa shape index (κ2) is 37.4. The highest BCUT2D eigenvalue weighted by Crippen LogP contribution is 2.47. The largest absolute Gasteiger partial charge is 0.446 e. The summed E-state index contributed by atoms with van der Waals surface area (Å²) in [5.41, 5.74) is 8.34. The molecule has 2 aliphatic rings.